The van der Waals surface area contributed by atoms with Crippen molar-refractivity contribution in [2.24, 2.45) is 0 Å². The third kappa shape index (κ3) is 4.64. The lowest BCUT2D eigenvalue weighted by molar-refractivity contribution is 0.0401. The molecule has 3 heteroatoms. The Morgan fingerprint density at radius 2 is 1.75 bits per heavy atom. The maximum Gasteiger partial charge on any atom is 0.0953 e. The van der Waals surface area contributed by atoms with Gasteiger partial charge in [-0.3, -0.25) is 0 Å². The number of benzene rings is 2. The highest BCUT2D eigenvalue weighted by Crippen LogP contribution is 2.19. The van der Waals surface area contributed by atoms with Gasteiger partial charge in [0, 0.05) is 11.6 Å². The molecule has 1 unspecified atom stereocenters. The Balaban J connectivity index is 1.99. The van der Waals surface area contributed by atoms with Gasteiger partial charge in [-0.2, -0.15) is 0 Å². The molecule has 2 rings (SSSR count). The van der Waals surface area contributed by atoms with Crippen LogP contribution in [0.1, 0.15) is 24.2 Å². The largest absolute Gasteiger partial charge is 0.368 e. The number of hydrogen-bond donors (Lipinski definition) is 1. The molecular weight excluding hydrogens is 270 g/mol. The van der Waals surface area contributed by atoms with Gasteiger partial charge < -0.3 is 10.1 Å². The molecule has 0 aliphatic heterocycles. The molecule has 0 saturated carbocycles. The van der Waals surface area contributed by atoms with Gasteiger partial charge >= 0.3 is 0 Å². The zero-order valence-corrected chi connectivity index (χ0v) is 12.4. The van der Waals surface area contributed by atoms with Crippen LogP contribution in [0.3, 0.4) is 0 Å². The smallest absolute Gasteiger partial charge is 0.0953 e. The van der Waals surface area contributed by atoms with Crippen molar-refractivity contribution in [3.63, 3.8) is 0 Å². The standard InChI is InChI=1S/C17H20ClNO/c1-2-19-12-17(15-6-4-3-5-7-15)20-13-14-8-10-16(18)11-9-14/h3-11,17,19H,2,12-13H2,1H3. The monoisotopic (exact) mass is 289 g/mol. The zero-order valence-electron chi connectivity index (χ0n) is 11.7. The van der Waals surface area contributed by atoms with Crippen LogP contribution in [-0.2, 0) is 11.3 Å². The fourth-order valence-electron chi connectivity index (χ4n) is 1.99. The van der Waals surface area contributed by atoms with Crippen molar-refractivity contribution in [1.82, 2.24) is 5.32 Å². The predicted molar refractivity (Wildman–Crippen MR) is 84.0 cm³/mol. The molecule has 0 aliphatic carbocycles. The Hall–Kier alpha value is -1.35. The molecule has 106 valence electrons. The van der Waals surface area contributed by atoms with Gasteiger partial charge in [0.2, 0.25) is 0 Å². The molecule has 0 fully saturated rings. The van der Waals surface area contributed by atoms with Crippen molar-refractivity contribution in [3.05, 3.63) is 70.7 Å². The average molecular weight is 290 g/mol. The SMILES string of the molecule is CCNCC(OCc1ccc(Cl)cc1)c1ccccc1. The third-order valence-electron chi connectivity index (χ3n) is 3.12. The van der Waals surface area contributed by atoms with Crippen LogP contribution in [0.25, 0.3) is 0 Å². The zero-order chi connectivity index (χ0) is 14.2. The number of ether oxygens (including phenoxy) is 1. The second-order valence-corrected chi connectivity index (χ2v) is 5.08. The first-order chi connectivity index (χ1) is 9.79. The second kappa shape index (κ2) is 8.05. The first-order valence-corrected chi connectivity index (χ1v) is 7.29. The van der Waals surface area contributed by atoms with Gasteiger partial charge in [0.15, 0.2) is 0 Å². The summed E-state index contributed by atoms with van der Waals surface area (Å²) in [6, 6.07) is 18.1. The van der Waals surface area contributed by atoms with E-state index in [2.05, 4.69) is 24.4 Å². The van der Waals surface area contributed by atoms with Gasteiger partial charge in [-0.15, -0.1) is 0 Å². The van der Waals surface area contributed by atoms with E-state index < -0.39 is 0 Å². The summed E-state index contributed by atoms with van der Waals surface area (Å²) >= 11 is 5.89. The molecule has 2 nitrogen and oxygen atoms in total. The van der Waals surface area contributed by atoms with Crippen molar-refractivity contribution in [3.8, 4) is 0 Å². The lowest BCUT2D eigenvalue weighted by atomic mass is 10.1. The van der Waals surface area contributed by atoms with E-state index in [4.69, 9.17) is 16.3 Å². The normalized spacial score (nSPS) is 12.3. The van der Waals surface area contributed by atoms with E-state index in [0.717, 1.165) is 23.7 Å². The molecule has 0 bridgehead atoms. The molecule has 0 saturated heterocycles. The van der Waals surface area contributed by atoms with E-state index in [0.29, 0.717) is 6.61 Å². The second-order valence-electron chi connectivity index (χ2n) is 4.64. The summed E-state index contributed by atoms with van der Waals surface area (Å²) < 4.78 is 6.05. The number of hydrogen-bond acceptors (Lipinski definition) is 2. The molecule has 0 spiro atoms. The first kappa shape index (κ1) is 15.0. The lowest BCUT2D eigenvalue weighted by Gasteiger charge is -2.19. The summed E-state index contributed by atoms with van der Waals surface area (Å²) in [5.74, 6) is 0. The van der Waals surface area contributed by atoms with Gasteiger partial charge in [-0.25, -0.2) is 0 Å². The summed E-state index contributed by atoms with van der Waals surface area (Å²) in [5.41, 5.74) is 2.33. The number of halogens is 1. The van der Waals surface area contributed by atoms with E-state index in [9.17, 15) is 0 Å². The Morgan fingerprint density at radius 1 is 1.05 bits per heavy atom. The highest BCUT2D eigenvalue weighted by atomic mass is 35.5. The molecule has 0 heterocycles. The molecule has 2 aromatic carbocycles. The van der Waals surface area contributed by atoms with Crippen molar-refractivity contribution >= 4 is 11.6 Å². The van der Waals surface area contributed by atoms with Crippen molar-refractivity contribution < 1.29 is 4.74 Å². The minimum Gasteiger partial charge on any atom is -0.368 e. The van der Waals surface area contributed by atoms with Crippen LogP contribution in [0.2, 0.25) is 5.02 Å². The Bertz CT molecular complexity index is 498. The highest BCUT2D eigenvalue weighted by Gasteiger charge is 2.11. The quantitative estimate of drug-likeness (QED) is 0.824. The maximum absolute atomic E-state index is 6.05. The molecule has 0 radical (unpaired) electrons. The van der Waals surface area contributed by atoms with Crippen LogP contribution in [0, 0.1) is 0 Å². The molecule has 0 aromatic heterocycles. The fourth-order valence-corrected chi connectivity index (χ4v) is 2.12. The number of rotatable bonds is 7. The maximum atomic E-state index is 6.05. The van der Waals surface area contributed by atoms with Crippen molar-refractivity contribution in [2.75, 3.05) is 13.1 Å². The van der Waals surface area contributed by atoms with Gasteiger partial charge in [0.1, 0.15) is 0 Å². The van der Waals surface area contributed by atoms with Gasteiger partial charge in [-0.1, -0.05) is 61.0 Å². The molecule has 0 amide bonds. The van der Waals surface area contributed by atoms with E-state index >= 15 is 0 Å². The van der Waals surface area contributed by atoms with Crippen molar-refractivity contribution in [1.29, 1.82) is 0 Å². The number of nitrogens with one attached hydrogen (secondary N) is 1. The number of likely N-dealkylation sites (N-methyl/N-ethyl adjacent to an activating group) is 1. The van der Waals surface area contributed by atoms with Crippen LogP contribution in [0.15, 0.2) is 54.6 Å². The Kier molecular flexibility index (Phi) is 6.06. The van der Waals surface area contributed by atoms with Crippen LogP contribution in [-0.4, -0.2) is 13.1 Å². The van der Waals surface area contributed by atoms with E-state index in [1.165, 1.54) is 5.56 Å². The van der Waals surface area contributed by atoms with Gasteiger partial charge in [-0.05, 0) is 29.8 Å². The van der Waals surface area contributed by atoms with Crippen LogP contribution in [0.5, 0.6) is 0 Å². The molecule has 1 atom stereocenters. The highest BCUT2D eigenvalue weighted by molar-refractivity contribution is 6.30. The lowest BCUT2D eigenvalue weighted by Crippen LogP contribution is -2.23. The topological polar surface area (TPSA) is 21.3 Å². The molecule has 2 aromatic rings. The molecule has 0 aliphatic rings. The Labute approximate surface area is 125 Å². The minimum atomic E-state index is 0.0619. The van der Waals surface area contributed by atoms with Gasteiger partial charge in [0.25, 0.3) is 0 Å². The van der Waals surface area contributed by atoms with E-state index in [-0.39, 0.29) is 6.10 Å². The summed E-state index contributed by atoms with van der Waals surface area (Å²) in [4.78, 5) is 0. The average Bonchev–Trinajstić information content (AvgIpc) is 2.50. The van der Waals surface area contributed by atoms with Crippen LogP contribution >= 0.6 is 11.6 Å². The first-order valence-electron chi connectivity index (χ1n) is 6.91. The van der Waals surface area contributed by atoms with Crippen LogP contribution in [0.4, 0.5) is 0 Å². The van der Waals surface area contributed by atoms with Crippen molar-refractivity contribution in [2.45, 2.75) is 19.6 Å². The third-order valence-corrected chi connectivity index (χ3v) is 3.37. The molecular formula is C17H20ClNO. The predicted octanol–water partition coefficient (Wildman–Crippen LogP) is 4.21. The minimum absolute atomic E-state index is 0.0619. The molecule has 1 N–H and O–H groups in total. The Morgan fingerprint density at radius 3 is 2.40 bits per heavy atom. The van der Waals surface area contributed by atoms with E-state index in [1.807, 2.05) is 42.5 Å². The molecule has 20 heavy (non-hydrogen) atoms. The van der Waals surface area contributed by atoms with Gasteiger partial charge in [0.05, 0.1) is 12.7 Å². The van der Waals surface area contributed by atoms with E-state index in [1.54, 1.807) is 0 Å². The fraction of sp³-hybridized carbons (Fsp3) is 0.294. The summed E-state index contributed by atoms with van der Waals surface area (Å²) in [5, 5.41) is 4.10. The summed E-state index contributed by atoms with van der Waals surface area (Å²) in [7, 11) is 0. The van der Waals surface area contributed by atoms with Crippen LogP contribution < -0.4 is 5.32 Å². The summed E-state index contributed by atoms with van der Waals surface area (Å²) in [6.45, 7) is 4.44. The summed E-state index contributed by atoms with van der Waals surface area (Å²) in [6.07, 6.45) is 0.0619.